The summed E-state index contributed by atoms with van der Waals surface area (Å²) in [5.41, 5.74) is 0.954. The number of nitro groups is 1. The van der Waals surface area contributed by atoms with E-state index in [1.165, 1.54) is 13.2 Å². The number of ether oxygens (including phenoxy) is 1. The van der Waals surface area contributed by atoms with Gasteiger partial charge in [0.05, 0.1) is 12.0 Å². The molecular weight excluding hydrogens is 364 g/mol. The van der Waals surface area contributed by atoms with Crippen LogP contribution < -0.4 is 5.32 Å². The van der Waals surface area contributed by atoms with Gasteiger partial charge in [0.2, 0.25) is 5.91 Å². The fourth-order valence-electron chi connectivity index (χ4n) is 3.27. The van der Waals surface area contributed by atoms with Gasteiger partial charge in [0, 0.05) is 44.9 Å². The lowest BCUT2D eigenvalue weighted by Crippen LogP contribution is -2.55. The van der Waals surface area contributed by atoms with Gasteiger partial charge in [-0.05, 0) is 17.9 Å². The van der Waals surface area contributed by atoms with Crippen molar-refractivity contribution in [2.75, 3.05) is 33.3 Å². The van der Waals surface area contributed by atoms with Crippen LogP contribution in [0.4, 0.5) is 10.5 Å². The zero-order valence-corrected chi connectivity index (χ0v) is 16.6. The lowest BCUT2D eigenvalue weighted by Gasteiger charge is -2.36. The summed E-state index contributed by atoms with van der Waals surface area (Å²) in [7, 11) is 1.28. The van der Waals surface area contributed by atoms with Crippen LogP contribution in [0.1, 0.15) is 25.8 Å². The second kappa shape index (κ2) is 10.0. The van der Waals surface area contributed by atoms with Gasteiger partial charge in [-0.15, -0.1) is 0 Å². The molecular formula is C19H28N4O5. The first-order valence-electron chi connectivity index (χ1n) is 9.39. The molecule has 1 heterocycles. The molecule has 1 N–H and O–H groups in total. The van der Waals surface area contributed by atoms with E-state index in [4.69, 9.17) is 0 Å². The lowest BCUT2D eigenvalue weighted by atomic mass is 10.0. The zero-order chi connectivity index (χ0) is 20.7. The van der Waals surface area contributed by atoms with Crippen molar-refractivity contribution in [2.24, 2.45) is 5.92 Å². The molecule has 0 saturated carbocycles. The minimum atomic E-state index is -0.608. The molecule has 1 fully saturated rings. The summed E-state index contributed by atoms with van der Waals surface area (Å²) >= 11 is 0. The van der Waals surface area contributed by atoms with Crippen LogP contribution in [-0.4, -0.2) is 66.1 Å². The van der Waals surface area contributed by atoms with Gasteiger partial charge in [-0.3, -0.25) is 19.8 Å². The molecule has 1 aliphatic rings. The van der Waals surface area contributed by atoms with Gasteiger partial charge >= 0.3 is 6.09 Å². The second-order valence-electron chi connectivity index (χ2n) is 7.35. The quantitative estimate of drug-likeness (QED) is 0.562. The fourth-order valence-corrected chi connectivity index (χ4v) is 3.27. The van der Waals surface area contributed by atoms with Crippen LogP contribution >= 0.6 is 0 Å². The number of methoxy groups -OCH3 is 1. The minimum Gasteiger partial charge on any atom is -0.453 e. The number of nitrogens with one attached hydrogen (secondary N) is 1. The van der Waals surface area contributed by atoms with Crippen LogP contribution in [0.15, 0.2) is 24.3 Å². The SMILES string of the molecule is COC(=O)NC(CC(C)C)C(=O)N1CCN(Cc2cccc([N+](=O)[O-])c2)CC1. The third-order valence-electron chi connectivity index (χ3n) is 4.69. The Balaban J connectivity index is 1.92. The van der Waals surface area contributed by atoms with Crippen LogP contribution in [0.25, 0.3) is 0 Å². The maximum atomic E-state index is 12.8. The Bertz CT molecular complexity index is 701. The van der Waals surface area contributed by atoms with Crippen molar-refractivity contribution in [1.82, 2.24) is 15.1 Å². The molecule has 0 aliphatic carbocycles. The summed E-state index contributed by atoms with van der Waals surface area (Å²) in [5, 5.41) is 13.5. The summed E-state index contributed by atoms with van der Waals surface area (Å²) in [6, 6.07) is 6.00. The summed E-state index contributed by atoms with van der Waals surface area (Å²) in [6.07, 6.45) is -0.0646. The third-order valence-corrected chi connectivity index (χ3v) is 4.69. The number of alkyl carbamates (subject to hydrolysis) is 1. The maximum Gasteiger partial charge on any atom is 0.407 e. The number of rotatable bonds is 7. The Morgan fingerprint density at radius 1 is 1.25 bits per heavy atom. The average molecular weight is 392 g/mol. The van der Waals surface area contributed by atoms with E-state index in [1.54, 1.807) is 17.0 Å². The van der Waals surface area contributed by atoms with Crippen molar-refractivity contribution in [2.45, 2.75) is 32.9 Å². The first-order chi connectivity index (χ1) is 13.3. The highest BCUT2D eigenvalue weighted by molar-refractivity contribution is 5.85. The number of benzene rings is 1. The summed E-state index contributed by atoms with van der Waals surface area (Å²) in [5.74, 6) is 0.148. The third kappa shape index (κ3) is 6.19. The number of piperazine rings is 1. The highest BCUT2D eigenvalue weighted by Crippen LogP contribution is 2.16. The van der Waals surface area contributed by atoms with E-state index in [-0.39, 0.29) is 17.5 Å². The summed E-state index contributed by atoms with van der Waals surface area (Å²) in [4.78, 5) is 38.8. The molecule has 28 heavy (non-hydrogen) atoms. The van der Waals surface area contributed by atoms with E-state index in [0.29, 0.717) is 39.1 Å². The zero-order valence-electron chi connectivity index (χ0n) is 16.6. The van der Waals surface area contributed by atoms with Crippen LogP contribution in [0.2, 0.25) is 0 Å². The molecule has 0 bridgehead atoms. The van der Waals surface area contributed by atoms with Crippen molar-refractivity contribution in [3.8, 4) is 0 Å². The number of carbonyl (C=O) groups is 2. The van der Waals surface area contributed by atoms with E-state index in [0.717, 1.165) is 5.56 Å². The smallest absolute Gasteiger partial charge is 0.407 e. The van der Waals surface area contributed by atoms with Crippen molar-refractivity contribution in [3.63, 3.8) is 0 Å². The Morgan fingerprint density at radius 2 is 1.93 bits per heavy atom. The van der Waals surface area contributed by atoms with Gasteiger partial charge in [0.25, 0.3) is 5.69 Å². The number of nitro benzene ring substituents is 1. The van der Waals surface area contributed by atoms with Gasteiger partial charge in [0.15, 0.2) is 0 Å². The van der Waals surface area contributed by atoms with E-state index in [2.05, 4.69) is 15.0 Å². The van der Waals surface area contributed by atoms with Gasteiger partial charge in [-0.1, -0.05) is 26.0 Å². The number of hydrogen-bond donors (Lipinski definition) is 1. The van der Waals surface area contributed by atoms with E-state index < -0.39 is 17.1 Å². The molecule has 9 heteroatoms. The second-order valence-corrected chi connectivity index (χ2v) is 7.35. The molecule has 1 saturated heterocycles. The predicted octanol–water partition coefficient (Wildman–Crippen LogP) is 2.01. The maximum absolute atomic E-state index is 12.8. The molecule has 2 rings (SSSR count). The molecule has 1 atom stereocenters. The molecule has 1 aromatic carbocycles. The Morgan fingerprint density at radius 3 is 2.50 bits per heavy atom. The first-order valence-corrected chi connectivity index (χ1v) is 9.39. The fraction of sp³-hybridized carbons (Fsp3) is 0.579. The van der Waals surface area contributed by atoms with Gasteiger partial charge in [-0.2, -0.15) is 0 Å². The molecule has 1 unspecified atom stereocenters. The minimum absolute atomic E-state index is 0.0803. The number of hydrogen-bond acceptors (Lipinski definition) is 6. The number of nitrogens with zero attached hydrogens (tertiary/aromatic N) is 3. The van der Waals surface area contributed by atoms with Crippen molar-refractivity contribution < 1.29 is 19.2 Å². The van der Waals surface area contributed by atoms with Gasteiger partial charge < -0.3 is 15.0 Å². The lowest BCUT2D eigenvalue weighted by molar-refractivity contribution is -0.384. The van der Waals surface area contributed by atoms with E-state index >= 15 is 0 Å². The number of amides is 2. The Kier molecular flexibility index (Phi) is 7.74. The summed E-state index contributed by atoms with van der Waals surface area (Å²) < 4.78 is 4.63. The Labute approximate surface area is 164 Å². The highest BCUT2D eigenvalue weighted by atomic mass is 16.6. The van der Waals surface area contributed by atoms with Crippen LogP contribution in [0.3, 0.4) is 0 Å². The normalized spacial score (nSPS) is 15.9. The number of non-ortho nitro benzene ring substituents is 1. The molecule has 9 nitrogen and oxygen atoms in total. The van der Waals surface area contributed by atoms with Gasteiger partial charge in [0.1, 0.15) is 6.04 Å². The van der Waals surface area contributed by atoms with Gasteiger partial charge in [-0.25, -0.2) is 4.79 Å². The first kappa shape index (κ1) is 21.6. The molecule has 2 amide bonds. The summed E-state index contributed by atoms with van der Waals surface area (Å²) in [6.45, 7) is 7.02. The standard InChI is InChI=1S/C19H28N4O5/c1-14(2)11-17(20-19(25)28-3)18(24)22-9-7-21(8-10-22)13-15-5-4-6-16(12-15)23(26)27/h4-6,12,14,17H,7-11,13H2,1-3H3,(H,20,25). The van der Waals surface area contributed by atoms with Crippen molar-refractivity contribution in [1.29, 1.82) is 0 Å². The van der Waals surface area contributed by atoms with Crippen molar-refractivity contribution >= 4 is 17.7 Å². The molecule has 0 spiro atoms. The van der Waals surface area contributed by atoms with Crippen LogP contribution in [-0.2, 0) is 16.1 Å². The van der Waals surface area contributed by atoms with Crippen molar-refractivity contribution in [3.05, 3.63) is 39.9 Å². The average Bonchev–Trinajstić information content (AvgIpc) is 2.67. The largest absolute Gasteiger partial charge is 0.453 e. The molecule has 1 aromatic rings. The van der Waals surface area contributed by atoms with E-state index in [9.17, 15) is 19.7 Å². The number of carbonyl (C=O) groups excluding carboxylic acids is 2. The predicted molar refractivity (Wildman–Crippen MR) is 104 cm³/mol. The topological polar surface area (TPSA) is 105 Å². The Hall–Kier alpha value is -2.68. The molecule has 154 valence electrons. The highest BCUT2D eigenvalue weighted by Gasteiger charge is 2.29. The molecule has 1 aliphatic heterocycles. The molecule has 0 radical (unpaired) electrons. The molecule has 0 aromatic heterocycles. The van der Waals surface area contributed by atoms with Crippen LogP contribution in [0, 0.1) is 16.0 Å². The van der Waals surface area contributed by atoms with Crippen LogP contribution in [0.5, 0.6) is 0 Å². The monoisotopic (exact) mass is 392 g/mol. The van der Waals surface area contributed by atoms with E-state index in [1.807, 2.05) is 19.9 Å².